The molecule has 5 nitrogen and oxygen atoms in total. The number of likely N-dealkylation sites (tertiary alicyclic amines) is 3. The fraction of sp³-hybridized carbons (Fsp3) is 0.500. The van der Waals surface area contributed by atoms with Crippen molar-refractivity contribution >= 4 is 11.8 Å². The van der Waals surface area contributed by atoms with Crippen LogP contribution in [0.15, 0.2) is 48.5 Å². The van der Waals surface area contributed by atoms with Crippen molar-refractivity contribution in [3.63, 3.8) is 0 Å². The molecule has 3 aliphatic heterocycles. The molecule has 2 amide bonds. The number of amides is 2. The summed E-state index contributed by atoms with van der Waals surface area (Å²) in [4.78, 5) is 33.1. The minimum Gasteiger partial charge on any atom is -0.338 e. The van der Waals surface area contributed by atoms with Gasteiger partial charge < -0.3 is 9.80 Å². The summed E-state index contributed by atoms with van der Waals surface area (Å²) < 4.78 is 13.7. The first-order valence-corrected chi connectivity index (χ1v) is 12.6. The van der Waals surface area contributed by atoms with E-state index in [9.17, 15) is 14.0 Å². The molecule has 6 heteroatoms. The van der Waals surface area contributed by atoms with Gasteiger partial charge in [0.2, 0.25) is 5.91 Å². The van der Waals surface area contributed by atoms with Crippen molar-refractivity contribution in [3.05, 3.63) is 71.0 Å². The summed E-state index contributed by atoms with van der Waals surface area (Å²) >= 11 is 0. The Labute approximate surface area is 201 Å². The monoisotopic (exact) mass is 463 g/mol. The smallest absolute Gasteiger partial charge is 0.254 e. The minimum atomic E-state index is -0.467. The van der Waals surface area contributed by atoms with Crippen molar-refractivity contribution in [2.24, 2.45) is 0 Å². The Hall–Kier alpha value is -2.73. The van der Waals surface area contributed by atoms with E-state index in [0.29, 0.717) is 19.5 Å². The van der Waals surface area contributed by atoms with E-state index < -0.39 is 5.54 Å². The number of rotatable bonds is 4. The van der Waals surface area contributed by atoms with Crippen molar-refractivity contribution < 1.29 is 14.0 Å². The number of benzene rings is 2. The van der Waals surface area contributed by atoms with Crippen LogP contribution in [0.1, 0.15) is 65.9 Å². The van der Waals surface area contributed by atoms with Gasteiger partial charge in [0.15, 0.2) is 0 Å². The molecule has 5 rings (SSSR count). The molecule has 2 atom stereocenters. The molecule has 0 unspecified atom stereocenters. The summed E-state index contributed by atoms with van der Waals surface area (Å²) in [5.41, 5.74) is 2.35. The molecule has 0 aromatic heterocycles. The van der Waals surface area contributed by atoms with Gasteiger partial charge in [0, 0.05) is 44.6 Å². The Balaban J connectivity index is 1.48. The lowest BCUT2D eigenvalue weighted by atomic mass is 9.78. The molecule has 3 fully saturated rings. The maximum absolute atomic E-state index is 13.9. The summed E-state index contributed by atoms with van der Waals surface area (Å²) in [6.45, 7) is 3.98. The number of carbonyl (C=O) groups excluding carboxylic acids is 2. The van der Waals surface area contributed by atoms with E-state index in [1.165, 1.54) is 25.0 Å². The second kappa shape index (κ2) is 9.49. The van der Waals surface area contributed by atoms with Crippen molar-refractivity contribution in [3.8, 4) is 0 Å². The maximum atomic E-state index is 13.9. The summed E-state index contributed by atoms with van der Waals surface area (Å²) in [5, 5.41) is 0. The predicted molar refractivity (Wildman–Crippen MR) is 130 cm³/mol. The van der Waals surface area contributed by atoms with Gasteiger partial charge in [-0.05, 0) is 68.1 Å². The highest BCUT2D eigenvalue weighted by Gasteiger charge is 2.53. The average molecular weight is 464 g/mol. The number of halogens is 1. The zero-order chi connectivity index (χ0) is 23.7. The topological polar surface area (TPSA) is 43.9 Å². The first-order chi connectivity index (χ1) is 16.5. The normalized spacial score (nSPS) is 25.8. The second-order valence-electron chi connectivity index (χ2n) is 10.2. The van der Waals surface area contributed by atoms with Crippen LogP contribution in [0.3, 0.4) is 0 Å². The van der Waals surface area contributed by atoms with Crippen LogP contribution in [-0.2, 0) is 11.3 Å². The Morgan fingerprint density at radius 3 is 2.53 bits per heavy atom. The number of carbonyl (C=O) groups is 2. The molecule has 3 heterocycles. The van der Waals surface area contributed by atoms with Gasteiger partial charge in [-0.2, -0.15) is 0 Å². The predicted octanol–water partition coefficient (Wildman–Crippen LogP) is 4.43. The lowest BCUT2D eigenvalue weighted by Gasteiger charge is -2.42. The highest BCUT2D eigenvalue weighted by atomic mass is 19.1. The van der Waals surface area contributed by atoms with Crippen LogP contribution < -0.4 is 0 Å². The standard InChI is InChI=1S/C28H34FN3O2/c1-30-26(33)10-4-5-15-28(30)20-32(19-25(28)21-11-13-23(29)14-12-21)27(34)24-9-3-2-8-22(24)18-31-16-6-7-17-31/h2-3,8-9,11-14,25H,4-7,10,15-20H2,1H3/t25-,28+/m0/s1. The summed E-state index contributed by atoms with van der Waals surface area (Å²) in [7, 11) is 1.89. The molecule has 0 bridgehead atoms. The van der Waals surface area contributed by atoms with Crippen LogP contribution in [0.5, 0.6) is 0 Å². The number of hydrogen-bond acceptors (Lipinski definition) is 3. The van der Waals surface area contributed by atoms with Gasteiger partial charge in [0.1, 0.15) is 5.82 Å². The van der Waals surface area contributed by atoms with Crippen LogP contribution in [0.2, 0.25) is 0 Å². The lowest BCUT2D eigenvalue weighted by molar-refractivity contribution is -0.134. The van der Waals surface area contributed by atoms with Gasteiger partial charge in [-0.25, -0.2) is 4.39 Å². The van der Waals surface area contributed by atoms with Crippen molar-refractivity contribution in [1.29, 1.82) is 0 Å². The maximum Gasteiger partial charge on any atom is 0.254 e. The first-order valence-electron chi connectivity index (χ1n) is 12.6. The molecule has 3 saturated heterocycles. The molecule has 0 N–H and O–H groups in total. The molecule has 2 aromatic rings. The fourth-order valence-corrected chi connectivity index (χ4v) is 6.26. The second-order valence-corrected chi connectivity index (χ2v) is 10.2. The average Bonchev–Trinajstić information content (AvgIpc) is 3.47. The van der Waals surface area contributed by atoms with Gasteiger partial charge >= 0.3 is 0 Å². The summed E-state index contributed by atoms with van der Waals surface area (Å²) in [5.74, 6) is -0.156. The van der Waals surface area contributed by atoms with Crippen molar-refractivity contribution in [2.75, 3.05) is 33.2 Å². The van der Waals surface area contributed by atoms with Crippen molar-refractivity contribution in [2.45, 2.75) is 56.5 Å². The van der Waals surface area contributed by atoms with E-state index in [1.807, 2.05) is 47.2 Å². The highest BCUT2D eigenvalue weighted by Crippen LogP contribution is 2.45. The third-order valence-corrected chi connectivity index (χ3v) is 8.21. The molecular weight excluding hydrogens is 429 g/mol. The van der Waals surface area contributed by atoms with Crippen LogP contribution in [0, 0.1) is 5.82 Å². The van der Waals surface area contributed by atoms with Crippen LogP contribution in [0.25, 0.3) is 0 Å². The van der Waals surface area contributed by atoms with E-state index in [-0.39, 0.29) is 23.5 Å². The van der Waals surface area contributed by atoms with E-state index in [2.05, 4.69) is 11.0 Å². The van der Waals surface area contributed by atoms with Crippen molar-refractivity contribution in [1.82, 2.24) is 14.7 Å². The molecule has 3 aliphatic rings. The van der Waals surface area contributed by atoms with Crippen LogP contribution in [-0.4, -0.2) is 65.3 Å². The van der Waals surface area contributed by atoms with Gasteiger partial charge in [0.05, 0.1) is 5.54 Å². The molecule has 1 spiro atoms. The Kier molecular flexibility index (Phi) is 6.43. The van der Waals surface area contributed by atoms with E-state index in [1.54, 1.807) is 0 Å². The first kappa shape index (κ1) is 23.0. The lowest BCUT2D eigenvalue weighted by Crippen LogP contribution is -2.53. The Morgan fingerprint density at radius 1 is 1.03 bits per heavy atom. The summed E-state index contributed by atoms with van der Waals surface area (Å²) in [6.07, 6.45) is 5.63. The zero-order valence-electron chi connectivity index (χ0n) is 20.0. The molecule has 2 aromatic carbocycles. The zero-order valence-corrected chi connectivity index (χ0v) is 20.0. The Bertz CT molecular complexity index is 1050. The van der Waals surface area contributed by atoms with Crippen LogP contribution >= 0.6 is 0 Å². The summed E-state index contributed by atoms with van der Waals surface area (Å²) in [6, 6.07) is 14.6. The van der Waals surface area contributed by atoms with Gasteiger partial charge in [-0.15, -0.1) is 0 Å². The molecule has 0 aliphatic carbocycles. The Morgan fingerprint density at radius 2 is 1.76 bits per heavy atom. The third-order valence-electron chi connectivity index (χ3n) is 8.21. The third kappa shape index (κ3) is 4.24. The van der Waals surface area contributed by atoms with E-state index in [4.69, 9.17) is 0 Å². The number of nitrogens with zero attached hydrogens (tertiary/aromatic N) is 3. The van der Waals surface area contributed by atoms with Gasteiger partial charge in [-0.1, -0.05) is 36.8 Å². The number of likely N-dealkylation sites (N-methyl/N-ethyl adjacent to an activating group) is 1. The fourth-order valence-electron chi connectivity index (χ4n) is 6.26. The molecule has 180 valence electrons. The largest absolute Gasteiger partial charge is 0.338 e. The SMILES string of the molecule is CN1C(=O)CCCC[C@]12CN(C(=O)c1ccccc1CN1CCCC1)C[C@H]2c1ccc(F)cc1. The van der Waals surface area contributed by atoms with Gasteiger partial charge in [-0.3, -0.25) is 14.5 Å². The molecular formula is C28H34FN3O2. The van der Waals surface area contributed by atoms with Crippen LogP contribution in [0.4, 0.5) is 4.39 Å². The minimum absolute atomic E-state index is 0.0314. The quantitative estimate of drug-likeness (QED) is 0.674. The number of hydrogen-bond donors (Lipinski definition) is 0. The molecule has 0 radical (unpaired) electrons. The van der Waals surface area contributed by atoms with E-state index in [0.717, 1.165) is 55.6 Å². The molecule has 0 saturated carbocycles. The van der Waals surface area contributed by atoms with E-state index >= 15 is 0 Å². The highest BCUT2D eigenvalue weighted by molar-refractivity contribution is 5.96. The molecule has 34 heavy (non-hydrogen) atoms. The van der Waals surface area contributed by atoms with Gasteiger partial charge in [0.25, 0.3) is 5.91 Å².